The van der Waals surface area contributed by atoms with Crippen LogP contribution in [0.3, 0.4) is 0 Å². The van der Waals surface area contributed by atoms with E-state index in [-0.39, 0.29) is 12.0 Å². The number of anilines is 1. The van der Waals surface area contributed by atoms with Crippen LogP contribution in [0.2, 0.25) is 0 Å². The molecule has 0 spiro atoms. The van der Waals surface area contributed by atoms with Crippen LogP contribution >= 0.6 is 0 Å². The first kappa shape index (κ1) is 14.0. The molecule has 1 fully saturated rings. The normalized spacial score (nSPS) is 17.7. The molecule has 110 valence electrons. The van der Waals surface area contributed by atoms with E-state index in [0.29, 0.717) is 0 Å². The third-order valence-electron chi connectivity index (χ3n) is 4.04. The first-order chi connectivity index (χ1) is 10.2. The Bertz CT molecular complexity index is 562. The molecule has 2 aromatic carbocycles. The standard InChI is InChI=1S/C17H20FN3/c18-15-8-6-14(7-9-15)17(19)21-12-10-20(11-13-21)16-4-2-1-3-5-16/h1-9,17H,10-13,19H2. The maximum Gasteiger partial charge on any atom is 0.123 e. The van der Waals surface area contributed by atoms with Crippen molar-refractivity contribution in [3.8, 4) is 0 Å². The molecule has 0 aromatic heterocycles. The lowest BCUT2D eigenvalue weighted by Gasteiger charge is -2.39. The van der Waals surface area contributed by atoms with E-state index in [1.165, 1.54) is 17.8 Å². The van der Waals surface area contributed by atoms with Gasteiger partial charge in [-0.3, -0.25) is 4.90 Å². The third-order valence-corrected chi connectivity index (χ3v) is 4.04. The predicted molar refractivity (Wildman–Crippen MR) is 83.6 cm³/mol. The molecule has 1 aliphatic rings. The Hall–Kier alpha value is -1.91. The lowest BCUT2D eigenvalue weighted by Crippen LogP contribution is -2.49. The molecule has 2 N–H and O–H groups in total. The van der Waals surface area contributed by atoms with Gasteiger partial charge in [0.05, 0.1) is 6.17 Å². The van der Waals surface area contributed by atoms with Crippen molar-refractivity contribution in [3.05, 3.63) is 66.0 Å². The quantitative estimate of drug-likeness (QED) is 0.941. The summed E-state index contributed by atoms with van der Waals surface area (Å²) in [7, 11) is 0. The van der Waals surface area contributed by atoms with Crippen LogP contribution in [0.25, 0.3) is 0 Å². The zero-order valence-electron chi connectivity index (χ0n) is 12.0. The van der Waals surface area contributed by atoms with Crippen LogP contribution in [-0.4, -0.2) is 31.1 Å². The minimum Gasteiger partial charge on any atom is -0.369 e. The van der Waals surface area contributed by atoms with Crippen LogP contribution < -0.4 is 10.6 Å². The van der Waals surface area contributed by atoms with Crippen LogP contribution in [-0.2, 0) is 0 Å². The Balaban J connectivity index is 1.61. The van der Waals surface area contributed by atoms with E-state index in [1.54, 1.807) is 12.1 Å². The van der Waals surface area contributed by atoms with Gasteiger partial charge in [0.25, 0.3) is 0 Å². The van der Waals surface area contributed by atoms with Crippen molar-refractivity contribution in [1.82, 2.24) is 4.90 Å². The molecule has 3 rings (SSSR count). The van der Waals surface area contributed by atoms with E-state index >= 15 is 0 Å². The second kappa shape index (κ2) is 6.24. The van der Waals surface area contributed by atoms with Gasteiger partial charge in [-0.15, -0.1) is 0 Å². The van der Waals surface area contributed by atoms with Gasteiger partial charge in [-0.05, 0) is 29.8 Å². The molecule has 21 heavy (non-hydrogen) atoms. The van der Waals surface area contributed by atoms with Gasteiger partial charge in [0.2, 0.25) is 0 Å². The molecule has 4 heteroatoms. The fourth-order valence-corrected chi connectivity index (χ4v) is 2.77. The maximum atomic E-state index is 13.0. The number of hydrogen-bond donors (Lipinski definition) is 1. The highest BCUT2D eigenvalue weighted by Crippen LogP contribution is 2.20. The summed E-state index contributed by atoms with van der Waals surface area (Å²) in [4.78, 5) is 4.61. The minimum atomic E-state index is -0.222. The summed E-state index contributed by atoms with van der Waals surface area (Å²) in [6.07, 6.45) is -0.163. The van der Waals surface area contributed by atoms with Crippen molar-refractivity contribution in [2.45, 2.75) is 6.17 Å². The van der Waals surface area contributed by atoms with Gasteiger partial charge in [-0.25, -0.2) is 4.39 Å². The van der Waals surface area contributed by atoms with Gasteiger partial charge in [0.1, 0.15) is 5.82 Å². The fourth-order valence-electron chi connectivity index (χ4n) is 2.77. The zero-order valence-corrected chi connectivity index (χ0v) is 12.0. The summed E-state index contributed by atoms with van der Waals surface area (Å²) in [5.74, 6) is -0.222. The highest BCUT2D eigenvalue weighted by Gasteiger charge is 2.22. The second-order valence-corrected chi connectivity index (χ2v) is 5.35. The number of nitrogens with two attached hydrogens (primary N) is 1. The van der Waals surface area contributed by atoms with E-state index < -0.39 is 0 Å². The fraction of sp³-hybridized carbons (Fsp3) is 0.294. The van der Waals surface area contributed by atoms with E-state index in [4.69, 9.17) is 5.73 Å². The van der Waals surface area contributed by atoms with Gasteiger partial charge in [0, 0.05) is 31.9 Å². The molecule has 1 aliphatic heterocycles. The van der Waals surface area contributed by atoms with Gasteiger partial charge < -0.3 is 10.6 Å². The largest absolute Gasteiger partial charge is 0.369 e. The SMILES string of the molecule is NC(c1ccc(F)cc1)N1CCN(c2ccccc2)CC1. The van der Waals surface area contributed by atoms with Crippen LogP contribution in [0, 0.1) is 5.82 Å². The van der Waals surface area contributed by atoms with Crippen molar-refractivity contribution < 1.29 is 4.39 Å². The molecule has 0 amide bonds. The Morgan fingerprint density at radius 1 is 0.857 bits per heavy atom. The first-order valence-electron chi connectivity index (χ1n) is 7.29. The molecule has 0 radical (unpaired) electrons. The average molecular weight is 285 g/mol. The predicted octanol–water partition coefficient (Wildman–Crippen LogP) is 2.61. The van der Waals surface area contributed by atoms with Crippen molar-refractivity contribution in [1.29, 1.82) is 0 Å². The van der Waals surface area contributed by atoms with Crippen LogP contribution in [0.1, 0.15) is 11.7 Å². The highest BCUT2D eigenvalue weighted by molar-refractivity contribution is 5.46. The monoisotopic (exact) mass is 285 g/mol. The van der Waals surface area contributed by atoms with Crippen LogP contribution in [0.4, 0.5) is 10.1 Å². The summed E-state index contributed by atoms with van der Waals surface area (Å²) in [5.41, 5.74) is 8.51. The summed E-state index contributed by atoms with van der Waals surface area (Å²) in [6, 6.07) is 16.9. The van der Waals surface area contributed by atoms with Crippen LogP contribution in [0.15, 0.2) is 54.6 Å². The van der Waals surface area contributed by atoms with Gasteiger partial charge in [-0.2, -0.15) is 0 Å². The first-order valence-corrected chi connectivity index (χ1v) is 7.29. The molecular weight excluding hydrogens is 265 g/mol. The highest BCUT2D eigenvalue weighted by atomic mass is 19.1. The van der Waals surface area contributed by atoms with E-state index in [1.807, 2.05) is 6.07 Å². The van der Waals surface area contributed by atoms with Crippen molar-refractivity contribution in [2.24, 2.45) is 5.73 Å². The number of rotatable bonds is 3. The summed E-state index contributed by atoms with van der Waals surface area (Å²) >= 11 is 0. The molecular formula is C17H20FN3. The third kappa shape index (κ3) is 3.23. The number of halogens is 1. The Morgan fingerprint density at radius 3 is 2.10 bits per heavy atom. The topological polar surface area (TPSA) is 32.5 Å². The molecule has 0 aliphatic carbocycles. The van der Waals surface area contributed by atoms with Crippen molar-refractivity contribution in [3.63, 3.8) is 0 Å². The van der Waals surface area contributed by atoms with Gasteiger partial charge in [0.15, 0.2) is 0 Å². The number of piperazine rings is 1. The lowest BCUT2D eigenvalue weighted by atomic mass is 10.1. The van der Waals surface area contributed by atoms with Crippen molar-refractivity contribution in [2.75, 3.05) is 31.1 Å². The van der Waals surface area contributed by atoms with Crippen molar-refractivity contribution >= 4 is 5.69 Å². The van der Waals surface area contributed by atoms with E-state index in [9.17, 15) is 4.39 Å². The molecule has 1 saturated heterocycles. The minimum absolute atomic E-state index is 0.163. The lowest BCUT2D eigenvalue weighted by molar-refractivity contribution is 0.190. The summed E-state index contributed by atoms with van der Waals surface area (Å²) < 4.78 is 13.0. The summed E-state index contributed by atoms with van der Waals surface area (Å²) in [5, 5.41) is 0. The number of para-hydroxylation sites is 1. The maximum absolute atomic E-state index is 13.0. The van der Waals surface area contributed by atoms with E-state index in [0.717, 1.165) is 31.7 Å². The molecule has 0 saturated carbocycles. The molecule has 1 unspecified atom stereocenters. The van der Waals surface area contributed by atoms with Crippen LogP contribution in [0.5, 0.6) is 0 Å². The number of hydrogen-bond acceptors (Lipinski definition) is 3. The molecule has 2 aromatic rings. The smallest absolute Gasteiger partial charge is 0.123 e. The Labute approximate surface area is 124 Å². The zero-order chi connectivity index (χ0) is 14.7. The van der Waals surface area contributed by atoms with Gasteiger partial charge in [-0.1, -0.05) is 30.3 Å². The Morgan fingerprint density at radius 2 is 1.48 bits per heavy atom. The number of nitrogens with zero attached hydrogens (tertiary/aromatic N) is 2. The molecule has 1 heterocycles. The molecule has 1 atom stereocenters. The second-order valence-electron chi connectivity index (χ2n) is 5.35. The van der Waals surface area contributed by atoms with E-state index in [2.05, 4.69) is 34.1 Å². The summed E-state index contributed by atoms with van der Waals surface area (Å²) in [6.45, 7) is 3.73. The molecule has 0 bridgehead atoms. The Kier molecular flexibility index (Phi) is 4.18. The molecule has 3 nitrogen and oxygen atoms in total. The number of benzene rings is 2. The average Bonchev–Trinajstić information content (AvgIpc) is 2.56. The van der Waals surface area contributed by atoms with Gasteiger partial charge >= 0.3 is 0 Å².